The number of nitrogens with one attached hydrogen (secondary N) is 3. The monoisotopic (exact) mass is 571 g/mol. The number of amides is 2. The summed E-state index contributed by atoms with van der Waals surface area (Å²) in [5.74, 6) is 0.456. The van der Waals surface area contributed by atoms with Crippen LogP contribution in [0.5, 0.6) is 0 Å². The number of aryl methyl sites for hydroxylation is 1. The second-order valence-electron chi connectivity index (χ2n) is 9.74. The minimum absolute atomic E-state index is 0.213. The molecule has 8 nitrogen and oxygen atoms in total. The number of aromatic amines is 1. The second-order valence-corrected chi connectivity index (χ2v) is 9.74. The van der Waals surface area contributed by atoms with E-state index in [1.54, 1.807) is 29.2 Å². The van der Waals surface area contributed by atoms with Crippen molar-refractivity contribution < 1.29 is 18.0 Å². The number of nitrogens with zero attached hydrogens (tertiary/aromatic N) is 4. The summed E-state index contributed by atoms with van der Waals surface area (Å²) in [4.78, 5) is 14.8. The van der Waals surface area contributed by atoms with Gasteiger partial charge in [-0.15, -0.1) is 5.10 Å². The molecular formula is C31H28F3N7O. The van der Waals surface area contributed by atoms with E-state index in [0.29, 0.717) is 28.5 Å². The van der Waals surface area contributed by atoms with Gasteiger partial charge in [0.15, 0.2) is 5.82 Å². The van der Waals surface area contributed by atoms with Crippen LogP contribution >= 0.6 is 0 Å². The van der Waals surface area contributed by atoms with Crippen molar-refractivity contribution in [3.05, 3.63) is 108 Å². The molecule has 4 aromatic carbocycles. The zero-order chi connectivity index (χ0) is 29.5. The van der Waals surface area contributed by atoms with Crippen LogP contribution in [0.1, 0.15) is 17.5 Å². The molecule has 0 fully saturated rings. The highest BCUT2D eigenvalue weighted by atomic mass is 19.4. The molecule has 1 heterocycles. The molecule has 2 amide bonds. The van der Waals surface area contributed by atoms with E-state index in [9.17, 15) is 18.0 Å². The van der Waals surface area contributed by atoms with Gasteiger partial charge in [-0.3, -0.25) is 0 Å². The van der Waals surface area contributed by atoms with Gasteiger partial charge in [-0.25, -0.2) is 9.89 Å². The molecule has 0 radical (unpaired) electrons. The van der Waals surface area contributed by atoms with Gasteiger partial charge in [-0.1, -0.05) is 78.4 Å². The Labute approximate surface area is 240 Å². The number of halogens is 3. The molecule has 0 saturated carbocycles. The maximum Gasteiger partial charge on any atom is 0.390 e. The first-order chi connectivity index (χ1) is 20.2. The molecule has 0 unspecified atom stereocenters. The number of H-pyrrole nitrogens is 1. The molecule has 0 spiro atoms. The van der Waals surface area contributed by atoms with Crippen molar-refractivity contribution in [2.24, 2.45) is 0 Å². The first kappa shape index (κ1) is 28.3. The van der Waals surface area contributed by atoms with Crippen LogP contribution in [-0.2, 0) is 6.54 Å². The summed E-state index contributed by atoms with van der Waals surface area (Å²) < 4.78 is 40.2. The summed E-state index contributed by atoms with van der Waals surface area (Å²) in [6.45, 7) is 1.85. The Morgan fingerprint density at radius 2 is 1.60 bits per heavy atom. The van der Waals surface area contributed by atoms with Crippen molar-refractivity contribution in [3.8, 4) is 22.5 Å². The van der Waals surface area contributed by atoms with Crippen LogP contribution in [0.15, 0.2) is 97.1 Å². The molecule has 42 heavy (non-hydrogen) atoms. The van der Waals surface area contributed by atoms with Crippen LogP contribution < -0.4 is 15.5 Å². The van der Waals surface area contributed by atoms with E-state index in [0.717, 1.165) is 22.3 Å². The maximum absolute atomic E-state index is 13.4. The summed E-state index contributed by atoms with van der Waals surface area (Å²) in [7, 11) is 0. The molecule has 0 aliphatic carbocycles. The predicted octanol–water partition coefficient (Wildman–Crippen LogP) is 7.45. The second kappa shape index (κ2) is 12.5. The Hall–Kier alpha value is -5.19. The lowest BCUT2D eigenvalue weighted by atomic mass is 9.98. The molecule has 5 aromatic rings. The molecule has 0 aliphatic heterocycles. The minimum atomic E-state index is -4.35. The van der Waals surface area contributed by atoms with Crippen molar-refractivity contribution in [3.63, 3.8) is 0 Å². The Morgan fingerprint density at radius 3 is 2.29 bits per heavy atom. The van der Waals surface area contributed by atoms with Crippen molar-refractivity contribution in [1.29, 1.82) is 0 Å². The number of alkyl halides is 3. The largest absolute Gasteiger partial charge is 0.390 e. The first-order valence-corrected chi connectivity index (χ1v) is 13.2. The molecule has 11 heteroatoms. The fourth-order valence-electron chi connectivity index (χ4n) is 4.57. The number of benzene rings is 4. The number of rotatable bonds is 9. The lowest BCUT2D eigenvalue weighted by molar-refractivity contribution is -0.132. The number of aromatic nitrogens is 4. The van der Waals surface area contributed by atoms with Gasteiger partial charge in [0, 0.05) is 24.3 Å². The maximum atomic E-state index is 13.4. The Balaban J connectivity index is 1.55. The van der Waals surface area contributed by atoms with E-state index >= 15 is 0 Å². The van der Waals surface area contributed by atoms with Crippen molar-refractivity contribution >= 4 is 23.1 Å². The molecule has 0 atom stereocenters. The zero-order valence-electron chi connectivity index (χ0n) is 22.7. The molecule has 0 bridgehead atoms. The predicted molar refractivity (Wildman–Crippen MR) is 157 cm³/mol. The van der Waals surface area contributed by atoms with Crippen LogP contribution in [0.3, 0.4) is 0 Å². The summed E-state index contributed by atoms with van der Waals surface area (Å²) in [5.41, 5.74) is 5.47. The zero-order valence-corrected chi connectivity index (χ0v) is 22.7. The Kier molecular flexibility index (Phi) is 8.47. The van der Waals surface area contributed by atoms with Crippen LogP contribution in [0.25, 0.3) is 22.5 Å². The van der Waals surface area contributed by atoms with Gasteiger partial charge < -0.3 is 15.5 Å². The van der Waals surface area contributed by atoms with Gasteiger partial charge in [0.25, 0.3) is 0 Å². The van der Waals surface area contributed by atoms with Crippen molar-refractivity contribution in [2.75, 3.05) is 22.1 Å². The summed E-state index contributed by atoms with van der Waals surface area (Å²) in [6, 6.07) is 28.7. The van der Waals surface area contributed by atoms with Gasteiger partial charge in [0.1, 0.15) is 0 Å². The molecule has 214 valence electrons. The molecular weight excluding hydrogens is 543 g/mol. The number of carbonyl (C=O) groups is 1. The average molecular weight is 572 g/mol. The summed E-state index contributed by atoms with van der Waals surface area (Å²) >= 11 is 0. The molecule has 0 saturated heterocycles. The van der Waals surface area contributed by atoms with Crippen LogP contribution in [0.4, 0.5) is 35.0 Å². The highest BCUT2D eigenvalue weighted by molar-refractivity contribution is 6.02. The summed E-state index contributed by atoms with van der Waals surface area (Å²) in [5, 5.41) is 19.8. The number of urea groups is 1. The standard InChI is InChI=1S/C31H28F3N7O/c1-21-11-14-24(15-12-21)35-30(42)36-27-19-23(25-9-5-6-10-26(25)29-37-39-40-38-29)13-16-28(27)41(18-17-31(32,33)34)20-22-7-3-2-4-8-22/h2-16,19H,17-18,20H2,1H3,(H2,35,36,42)(H,37,38,39,40). The average Bonchev–Trinajstić information content (AvgIpc) is 3.52. The van der Waals surface area contributed by atoms with Crippen molar-refractivity contribution in [2.45, 2.75) is 26.1 Å². The summed E-state index contributed by atoms with van der Waals surface area (Å²) in [6.07, 6.45) is -5.37. The lowest BCUT2D eigenvalue weighted by Crippen LogP contribution is -2.29. The molecule has 5 rings (SSSR count). The Bertz CT molecular complexity index is 1620. The molecule has 0 aliphatic rings. The number of hydrogen-bond acceptors (Lipinski definition) is 5. The number of carbonyl (C=O) groups excluding carboxylic acids is 1. The third kappa shape index (κ3) is 7.30. The van der Waals surface area contributed by atoms with E-state index < -0.39 is 18.6 Å². The van der Waals surface area contributed by atoms with Gasteiger partial charge >= 0.3 is 12.2 Å². The van der Waals surface area contributed by atoms with Crippen LogP contribution in [-0.4, -0.2) is 39.4 Å². The SMILES string of the molecule is Cc1ccc(NC(=O)Nc2cc(-c3ccccc3-c3nnn[nH]3)ccc2N(CCC(F)(F)F)Cc2ccccc2)cc1. The van der Waals surface area contributed by atoms with Crippen LogP contribution in [0, 0.1) is 6.92 Å². The number of anilines is 3. The van der Waals surface area contributed by atoms with Crippen molar-refractivity contribution in [1.82, 2.24) is 20.6 Å². The minimum Gasteiger partial charge on any atom is -0.365 e. The van der Waals surface area contributed by atoms with Crippen LogP contribution in [0.2, 0.25) is 0 Å². The highest BCUT2D eigenvalue weighted by Crippen LogP contribution is 2.37. The van der Waals surface area contributed by atoms with E-state index in [-0.39, 0.29) is 13.1 Å². The third-order valence-electron chi connectivity index (χ3n) is 6.61. The topological polar surface area (TPSA) is 98.8 Å². The first-order valence-electron chi connectivity index (χ1n) is 13.2. The lowest BCUT2D eigenvalue weighted by Gasteiger charge is -2.28. The molecule has 1 aromatic heterocycles. The van der Waals surface area contributed by atoms with E-state index in [1.807, 2.05) is 79.7 Å². The smallest absolute Gasteiger partial charge is 0.365 e. The van der Waals surface area contributed by atoms with E-state index in [2.05, 4.69) is 31.3 Å². The quantitative estimate of drug-likeness (QED) is 0.171. The highest BCUT2D eigenvalue weighted by Gasteiger charge is 2.29. The molecule has 3 N–H and O–H groups in total. The number of tetrazole rings is 1. The number of hydrogen-bond donors (Lipinski definition) is 3. The normalized spacial score (nSPS) is 11.2. The van der Waals surface area contributed by atoms with Gasteiger partial charge in [-0.05, 0) is 58.3 Å². The van der Waals surface area contributed by atoms with E-state index in [4.69, 9.17) is 0 Å². The van der Waals surface area contributed by atoms with E-state index in [1.165, 1.54) is 0 Å². The van der Waals surface area contributed by atoms with Gasteiger partial charge in [-0.2, -0.15) is 13.2 Å². The van der Waals surface area contributed by atoms with Gasteiger partial charge in [0.2, 0.25) is 0 Å². The van der Waals surface area contributed by atoms with Gasteiger partial charge in [0.05, 0.1) is 17.8 Å². The Morgan fingerprint density at radius 1 is 0.881 bits per heavy atom. The fraction of sp³-hybridized carbons (Fsp3) is 0.161. The third-order valence-corrected chi connectivity index (χ3v) is 6.61. The fourth-order valence-corrected chi connectivity index (χ4v) is 4.57.